The highest BCUT2D eigenvalue weighted by Gasteiger charge is 2.22. The molecule has 1 aromatic rings. The second-order valence-corrected chi connectivity index (χ2v) is 3.93. The normalized spacial score (nSPS) is 12.2. The second kappa shape index (κ2) is 7.04. The molecule has 0 aromatic heterocycles. The van der Waals surface area contributed by atoms with Gasteiger partial charge in [-0.2, -0.15) is 0 Å². The first kappa shape index (κ1) is 13.7. The molecule has 1 aromatic carbocycles. The van der Waals surface area contributed by atoms with Crippen LogP contribution in [-0.2, 0) is 9.53 Å². The van der Waals surface area contributed by atoms with E-state index < -0.39 is 6.10 Å². The molecule has 0 bridgehead atoms. The molecule has 1 rings (SSSR count). The molecule has 0 aliphatic heterocycles. The predicted molar refractivity (Wildman–Crippen MR) is 67.5 cm³/mol. The first-order valence-corrected chi connectivity index (χ1v) is 5.73. The van der Waals surface area contributed by atoms with E-state index in [0.717, 1.165) is 12.0 Å². The minimum Gasteiger partial charge on any atom is -0.367 e. The van der Waals surface area contributed by atoms with E-state index in [0.29, 0.717) is 13.1 Å². The summed E-state index contributed by atoms with van der Waals surface area (Å²) in [6.45, 7) is 1.24. The molecule has 2 N–H and O–H groups in total. The summed E-state index contributed by atoms with van der Waals surface area (Å²) in [4.78, 5) is 13.8. The number of carbonyl (C=O) groups excluding carboxylic acids is 1. The van der Waals surface area contributed by atoms with Gasteiger partial charge in [0.05, 0.1) is 0 Å². The second-order valence-electron chi connectivity index (χ2n) is 3.93. The Morgan fingerprint density at radius 2 is 2.06 bits per heavy atom. The van der Waals surface area contributed by atoms with E-state index in [-0.39, 0.29) is 5.91 Å². The molecule has 0 aliphatic carbocycles. The first-order valence-electron chi connectivity index (χ1n) is 5.73. The Hall–Kier alpha value is -1.39. The monoisotopic (exact) mass is 236 g/mol. The van der Waals surface area contributed by atoms with Crippen molar-refractivity contribution in [2.24, 2.45) is 5.73 Å². The van der Waals surface area contributed by atoms with Crippen molar-refractivity contribution < 1.29 is 9.53 Å². The minimum atomic E-state index is -0.529. The van der Waals surface area contributed by atoms with Crippen LogP contribution in [0, 0.1) is 0 Å². The van der Waals surface area contributed by atoms with Crippen LogP contribution in [0.1, 0.15) is 18.1 Å². The van der Waals surface area contributed by atoms with E-state index in [1.807, 2.05) is 30.3 Å². The lowest BCUT2D eigenvalue weighted by molar-refractivity contribution is -0.141. The van der Waals surface area contributed by atoms with Gasteiger partial charge in [-0.05, 0) is 18.5 Å². The van der Waals surface area contributed by atoms with Crippen LogP contribution in [0.4, 0.5) is 0 Å². The number of nitrogens with zero attached hydrogens (tertiary/aromatic N) is 1. The lowest BCUT2D eigenvalue weighted by Crippen LogP contribution is -2.34. The summed E-state index contributed by atoms with van der Waals surface area (Å²) >= 11 is 0. The average molecular weight is 236 g/mol. The molecule has 1 unspecified atom stereocenters. The molecule has 4 nitrogen and oxygen atoms in total. The van der Waals surface area contributed by atoms with Crippen molar-refractivity contribution in [1.29, 1.82) is 0 Å². The summed E-state index contributed by atoms with van der Waals surface area (Å²) in [5, 5.41) is 0. The van der Waals surface area contributed by atoms with Gasteiger partial charge in [-0.25, -0.2) is 0 Å². The zero-order valence-electron chi connectivity index (χ0n) is 10.4. The van der Waals surface area contributed by atoms with Crippen LogP contribution >= 0.6 is 0 Å². The van der Waals surface area contributed by atoms with Crippen molar-refractivity contribution in [3.05, 3.63) is 35.9 Å². The largest absolute Gasteiger partial charge is 0.367 e. The molecule has 0 fully saturated rings. The molecule has 1 amide bonds. The Morgan fingerprint density at radius 1 is 1.41 bits per heavy atom. The zero-order valence-corrected chi connectivity index (χ0v) is 10.4. The number of likely N-dealkylation sites (N-methyl/N-ethyl adjacent to an activating group) is 1. The van der Waals surface area contributed by atoms with Crippen molar-refractivity contribution in [3.8, 4) is 0 Å². The van der Waals surface area contributed by atoms with E-state index in [9.17, 15) is 4.79 Å². The molecule has 0 saturated heterocycles. The Labute approximate surface area is 102 Å². The fraction of sp³-hybridized carbons (Fsp3) is 0.462. The Morgan fingerprint density at radius 3 is 2.59 bits per heavy atom. The Kier molecular flexibility index (Phi) is 5.66. The quantitative estimate of drug-likeness (QED) is 0.807. The number of methoxy groups -OCH3 is 1. The topological polar surface area (TPSA) is 55.6 Å². The summed E-state index contributed by atoms with van der Waals surface area (Å²) in [6.07, 6.45) is 0.270. The van der Waals surface area contributed by atoms with Crippen molar-refractivity contribution >= 4 is 5.91 Å². The van der Waals surface area contributed by atoms with Gasteiger partial charge >= 0.3 is 0 Å². The number of rotatable bonds is 6. The number of hydrogen-bond donors (Lipinski definition) is 1. The molecular weight excluding hydrogens is 216 g/mol. The van der Waals surface area contributed by atoms with Crippen LogP contribution in [0.5, 0.6) is 0 Å². The molecule has 0 radical (unpaired) electrons. The third-order valence-electron chi connectivity index (χ3n) is 2.64. The Balaban J connectivity index is 2.71. The van der Waals surface area contributed by atoms with Crippen LogP contribution in [-0.4, -0.2) is 38.1 Å². The van der Waals surface area contributed by atoms with Crippen LogP contribution in [0.2, 0.25) is 0 Å². The molecule has 0 saturated carbocycles. The van der Waals surface area contributed by atoms with Crippen LogP contribution in [0.3, 0.4) is 0 Å². The van der Waals surface area contributed by atoms with Crippen molar-refractivity contribution in [2.45, 2.75) is 12.5 Å². The highest BCUT2D eigenvalue weighted by atomic mass is 16.5. The van der Waals surface area contributed by atoms with E-state index in [1.54, 1.807) is 19.1 Å². The molecule has 1 atom stereocenters. The lowest BCUT2D eigenvalue weighted by Gasteiger charge is -2.22. The van der Waals surface area contributed by atoms with Gasteiger partial charge in [0.25, 0.3) is 5.91 Å². The predicted octanol–water partition coefficient (Wildman–Crippen LogP) is 1.18. The third-order valence-corrected chi connectivity index (χ3v) is 2.64. The lowest BCUT2D eigenvalue weighted by atomic mass is 10.1. The van der Waals surface area contributed by atoms with Crippen LogP contribution in [0.25, 0.3) is 0 Å². The van der Waals surface area contributed by atoms with E-state index >= 15 is 0 Å². The fourth-order valence-electron chi connectivity index (χ4n) is 1.65. The maximum atomic E-state index is 12.1. The number of carbonyl (C=O) groups is 1. The summed E-state index contributed by atoms with van der Waals surface area (Å²) in [5.74, 6) is -0.0350. The summed E-state index contributed by atoms with van der Waals surface area (Å²) < 4.78 is 5.28. The van der Waals surface area contributed by atoms with E-state index in [1.165, 1.54) is 0 Å². The molecule has 94 valence electrons. The maximum Gasteiger partial charge on any atom is 0.256 e. The van der Waals surface area contributed by atoms with Crippen molar-refractivity contribution in [1.82, 2.24) is 4.90 Å². The zero-order chi connectivity index (χ0) is 12.7. The van der Waals surface area contributed by atoms with Gasteiger partial charge in [-0.15, -0.1) is 0 Å². The van der Waals surface area contributed by atoms with Crippen molar-refractivity contribution in [3.63, 3.8) is 0 Å². The maximum absolute atomic E-state index is 12.1. The van der Waals surface area contributed by atoms with Crippen LogP contribution in [0.15, 0.2) is 30.3 Å². The third kappa shape index (κ3) is 3.84. The number of benzene rings is 1. The van der Waals surface area contributed by atoms with E-state index in [2.05, 4.69) is 0 Å². The fourth-order valence-corrected chi connectivity index (χ4v) is 1.65. The molecule has 0 aliphatic rings. The van der Waals surface area contributed by atoms with Gasteiger partial charge in [-0.1, -0.05) is 30.3 Å². The minimum absolute atomic E-state index is 0.0350. The molecule has 0 spiro atoms. The van der Waals surface area contributed by atoms with Gasteiger partial charge in [0.15, 0.2) is 6.10 Å². The summed E-state index contributed by atoms with van der Waals surface area (Å²) in [7, 11) is 3.32. The van der Waals surface area contributed by atoms with Crippen LogP contribution < -0.4 is 5.73 Å². The van der Waals surface area contributed by atoms with Gasteiger partial charge < -0.3 is 15.4 Å². The van der Waals surface area contributed by atoms with Crippen molar-refractivity contribution in [2.75, 3.05) is 27.2 Å². The average Bonchev–Trinajstić information content (AvgIpc) is 2.38. The van der Waals surface area contributed by atoms with E-state index in [4.69, 9.17) is 10.5 Å². The van der Waals surface area contributed by atoms with Gasteiger partial charge in [0, 0.05) is 20.7 Å². The van der Waals surface area contributed by atoms with Gasteiger partial charge in [0.1, 0.15) is 0 Å². The number of ether oxygens (including phenoxy) is 1. The smallest absolute Gasteiger partial charge is 0.256 e. The number of nitrogens with two attached hydrogens (primary N) is 1. The first-order chi connectivity index (χ1) is 8.20. The highest BCUT2D eigenvalue weighted by Crippen LogP contribution is 2.18. The molecule has 17 heavy (non-hydrogen) atoms. The standard InChI is InChI=1S/C13H20N2O2/c1-15(10-6-9-14)13(16)12(17-2)11-7-4-3-5-8-11/h3-5,7-8,12H,6,9-10,14H2,1-2H3. The Bertz CT molecular complexity index is 341. The van der Waals surface area contributed by atoms with Gasteiger partial charge in [-0.3, -0.25) is 4.79 Å². The summed E-state index contributed by atoms with van der Waals surface area (Å²) in [5.41, 5.74) is 6.30. The number of hydrogen-bond acceptors (Lipinski definition) is 3. The number of amides is 1. The van der Waals surface area contributed by atoms with Gasteiger partial charge in [0.2, 0.25) is 0 Å². The molecular formula is C13H20N2O2. The summed E-state index contributed by atoms with van der Waals surface area (Å²) in [6, 6.07) is 9.49. The molecule has 4 heteroatoms. The highest BCUT2D eigenvalue weighted by molar-refractivity contribution is 5.82. The molecule has 0 heterocycles. The SMILES string of the molecule is COC(C(=O)N(C)CCCN)c1ccccc1.